The first kappa shape index (κ1) is 9.79. The molecule has 1 heteroatoms. The summed E-state index contributed by atoms with van der Waals surface area (Å²) in [6.07, 6.45) is 8.28. The minimum Gasteiger partial charge on any atom is -0.122 e. The SMILES string of the molecule is ClCc1ccc(C2CC=CCC2)cc1. The van der Waals surface area contributed by atoms with Gasteiger partial charge in [-0.15, -0.1) is 11.6 Å². The van der Waals surface area contributed by atoms with Gasteiger partial charge in [0.25, 0.3) is 0 Å². The third kappa shape index (κ3) is 2.19. The van der Waals surface area contributed by atoms with Crippen molar-refractivity contribution in [2.45, 2.75) is 31.1 Å². The predicted molar refractivity (Wildman–Crippen MR) is 61.7 cm³/mol. The molecule has 2 rings (SSSR count). The van der Waals surface area contributed by atoms with Crippen LogP contribution in [-0.2, 0) is 5.88 Å². The van der Waals surface area contributed by atoms with Crippen LogP contribution in [0.25, 0.3) is 0 Å². The highest BCUT2D eigenvalue weighted by Gasteiger charge is 2.11. The van der Waals surface area contributed by atoms with Crippen LogP contribution in [0.15, 0.2) is 36.4 Å². The molecule has 0 N–H and O–H groups in total. The maximum atomic E-state index is 5.75. The van der Waals surface area contributed by atoms with Crippen LogP contribution in [0.3, 0.4) is 0 Å². The Hall–Kier alpha value is -0.750. The third-order valence-corrected chi connectivity index (χ3v) is 3.18. The standard InChI is InChI=1S/C13H15Cl/c14-10-11-6-8-13(9-7-11)12-4-2-1-3-5-12/h1-2,6-9,12H,3-5,10H2. The second kappa shape index (κ2) is 4.65. The van der Waals surface area contributed by atoms with Gasteiger partial charge in [-0.1, -0.05) is 36.4 Å². The Morgan fingerprint density at radius 1 is 1.14 bits per heavy atom. The van der Waals surface area contributed by atoms with Gasteiger partial charge in [-0.25, -0.2) is 0 Å². The molecule has 0 aromatic heterocycles. The van der Waals surface area contributed by atoms with Gasteiger partial charge in [-0.3, -0.25) is 0 Å². The molecule has 0 saturated carbocycles. The number of rotatable bonds is 2. The Balaban J connectivity index is 2.12. The zero-order valence-corrected chi connectivity index (χ0v) is 9.00. The number of hydrogen-bond donors (Lipinski definition) is 0. The first-order chi connectivity index (χ1) is 6.90. The number of alkyl halides is 1. The molecule has 0 nitrogen and oxygen atoms in total. The van der Waals surface area contributed by atoms with E-state index in [4.69, 9.17) is 11.6 Å². The van der Waals surface area contributed by atoms with Gasteiger partial charge in [-0.05, 0) is 36.3 Å². The molecule has 1 aliphatic carbocycles. The monoisotopic (exact) mass is 206 g/mol. The minimum atomic E-state index is 0.616. The summed E-state index contributed by atoms with van der Waals surface area (Å²) >= 11 is 5.75. The Kier molecular flexibility index (Phi) is 3.26. The molecule has 0 aliphatic heterocycles. The molecule has 0 spiro atoms. The average molecular weight is 207 g/mol. The number of allylic oxidation sites excluding steroid dienone is 2. The van der Waals surface area contributed by atoms with E-state index in [1.807, 2.05) is 0 Å². The van der Waals surface area contributed by atoms with Crippen LogP contribution in [0.1, 0.15) is 36.3 Å². The fraction of sp³-hybridized carbons (Fsp3) is 0.385. The zero-order chi connectivity index (χ0) is 9.80. The lowest BCUT2D eigenvalue weighted by Crippen LogP contribution is -2.00. The van der Waals surface area contributed by atoms with Crippen molar-refractivity contribution in [3.05, 3.63) is 47.5 Å². The van der Waals surface area contributed by atoms with Crippen molar-refractivity contribution in [2.24, 2.45) is 0 Å². The van der Waals surface area contributed by atoms with Gasteiger partial charge in [0, 0.05) is 5.88 Å². The lowest BCUT2D eigenvalue weighted by atomic mass is 9.87. The Bertz CT molecular complexity index is 311. The summed E-state index contributed by atoms with van der Waals surface area (Å²) in [7, 11) is 0. The van der Waals surface area contributed by atoms with Crippen molar-refractivity contribution in [3.63, 3.8) is 0 Å². The molecule has 1 aromatic carbocycles. The van der Waals surface area contributed by atoms with Gasteiger partial charge >= 0.3 is 0 Å². The lowest BCUT2D eigenvalue weighted by Gasteiger charge is -2.18. The molecule has 1 aromatic rings. The highest BCUT2D eigenvalue weighted by atomic mass is 35.5. The molecule has 0 fully saturated rings. The highest BCUT2D eigenvalue weighted by molar-refractivity contribution is 6.17. The average Bonchev–Trinajstić information content (AvgIpc) is 2.30. The Labute approximate surface area is 90.6 Å². The maximum absolute atomic E-state index is 5.75. The lowest BCUT2D eigenvalue weighted by molar-refractivity contribution is 0.617. The van der Waals surface area contributed by atoms with Crippen LogP contribution in [0.4, 0.5) is 0 Å². The summed E-state index contributed by atoms with van der Waals surface area (Å²) in [5.74, 6) is 1.34. The van der Waals surface area contributed by atoms with Crippen LogP contribution in [-0.4, -0.2) is 0 Å². The molecule has 0 radical (unpaired) electrons. The highest BCUT2D eigenvalue weighted by Crippen LogP contribution is 2.29. The summed E-state index contributed by atoms with van der Waals surface area (Å²) in [4.78, 5) is 0. The van der Waals surface area contributed by atoms with Crippen molar-refractivity contribution in [3.8, 4) is 0 Å². The molecule has 0 saturated heterocycles. The maximum Gasteiger partial charge on any atom is 0.0474 e. The van der Waals surface area contributed by atoms with Crippen LogP contribution < -0.4 is 0 Å². The molecule has 74 valence electrons. The van der Waals surface area contributed by atoms with Crippen LogP contribution in [0, 0.1) is 0 Å². The topological polar surface area (TPSA) is 0 Å². The molecule has 1 atom stereocenters. The molecule has 0 amide bonds. The van der Waals surface area contributed by atoms with Gasteiger partial charge < -0.3 is 0 Å². The fourth-order valence-electron chi connectivity index (χ4n) is 1.98. The van der Waals surface area contributed by atoms with Gasteiger partial charge in [0.1, 0.15) is 0 Å². The third-order valence-electron chi connectivity index (χ3n) is 2.87. The minimum absolute atomic E-state index is 0.616. The van der Waals surface area contributed by atoms with E-state index in [1.165, 1.54) is 30.4 Å². The molecule has 1 aliphatic rings. The van der Waals surface area contributed by atoms with E-state index in [1.54, 1.807) is 0 Å². The van der Waals surface area contributed by atoms with E-state index in [0.717, 1.165) is 5.92 Å². The van der Waals surface area contributed by atoms with Gasteiger partial charge in [0.05, 0.1) is 0 Å². The smallest absolute Gasteiger partial charge is 0.0474 e. The van der Waals surface area contributed by atoms with Crippen LogP contribution in [0.2, 0.25) is 0 Å². The van der Waals surface area contributed by atoms with E-state index in [-0.39, 0.29) is 0 Å². The summed E-state index contributed by atoms with van der Waals surface area (Å²) < 4.78 is 0. The number of benzene rings is 1. The van der Waals surface area contributed by atoms with Gasteiger partial charge in [0.2, 0.25) is 0 Å². The van der Waals surface area contributed by atoms with E-state index >= 15 is 0 Å². The summed E-state index contributed by atoms with van der Waals surface area (Å²) in [6.45, 7) is 0. The fourth-order valence-corrected chi connectivity index (χ4v) is 2.15. The van der Waals surface area contributed by atoms with E-state index in [2.05, 4.69) is 36.4 Å². The zero-order valence-electron chi connectivity index (χ0n) is 8.25. The Morgan fingerprint density at radius 3 is 2.50 bits per heavy atom. The molecular weight excluding hydrogens is 192 g/mol. The van der Waals surface area contributed by atoms with Crippen molar-refractivity contribution < 1.29 is 0 Å². The van der Waals surface area contributed by atoms with E-state index in [9.17, 15) is 0 Å². The van der Waals surface area contributed by atoms with Crippen molar-refractivity contribution in [2.75, 3.05) is 0 Å². The van der Waals surface area contributed by atoms with Crippen LogP contribution in [0.5, 0.6) is 0 Å². The summed E-state index contributed by atoms with van der Waals surface area (Å²) in [5, 5.41) is 0. The quantitative estimate of drug-likeness (QED) is 0.501. The van der Waals surface area contributed by atoms with E-state index < -0.39 is 0 Å². The molecule has 14 heavy (non-hydrogen) atoms. The molecule has 0 heterocycles. The Morgan fingerprint density at radius 2 is 1.93 bits per heavy atom. The summed E-state index contributed by atoms with van der Waals surface area (Å²) in [6, 6.07) is 8.73. The molecular formula is C13H15Cl. The number of halogens is 1. The molecule has 1 unspecified atom stereocenters. The number of hydrogen-bond acceptors (Lipinski definition) is 0. The first-order valence-electron chi connectivity index (χ1n) is 5.20. The molecule has 0 bridgehead atoms. The predicted octanol–water partition coefficient (Wildman–Crippen LogP) is 4.25. The van der Waals surface area contributed by atoms with Gasteiger partial charge in [0.15, 0.2) is 0 Å². The first-order valence-corrected chi connectivity index (χ1v) is 5.73. The van der Waals surface area contributed by atoms with Crippen LogP contribution >= 0.6 is 11.6 Å². The van der Waals surface area contributed by atoms with E-state index in [0.29, 0.717) is 5.88 Å². The normalized spacial score (nSPS) is 21.1. The van der Waals surface area contributed by atoms with Crippen molar-refractivity contribution >= 4 is 11.6 Å². The van der Waals surface area contributed by atoms with Crippen molar-refractivity contribution in [1.29, 1.82) is 0 Å². The van der Waals surface area contributed by atoms with Gasteiger partial charge in [-0.2, -0.15) is 0 Å². The second-order valence-electron chi connectivity index (χ2n) is 3.86. The summed E-state index contributed by atoms with van der Waals surface area (Å²) in [5.41, 5.74) is 2.67. The largest absolute Gasteiger partial charge is 0.122 e. The van der Waals surface area contributed by atoms with Crippen molar-refractivity contribution in [1.82, 2.24) is 0 Å². The second-order valence-corrected chi connectivity index (χ2v) is 4.12.